The Morgan fingerprint density at radius 2 is 2.09 bits per heavy atom. The molecule has 54 valence electrons. The van der Waals surface area contributed by atoms with E-state index in [9.17, 15) is 0 Å². The van der Waals surface area contributed by atoms with E-state index in [1.54, 1.807) is 5.12 Å². The van der Waals surface area contributed by atoms with Crippen molar-refractivity contribution in [1.29, 1.82) is 0 Å². The van der Waals surface area contributed by atoms with Crippen molar-refractivity contribution in [2.45, 2.75) is 0 Å². The van der Waals surface area contributed by atoms with Gasteiger partial charge in [-0.05, 0) is 27.7 Å². The first-order chi connectivity index (χ1) is 5.47. The minimum atomic E-state index is 0.977. The highest BCUT2D eigenvalue weighted by atomic mass is 15.8. The lowest BCUT2D eigenvalue weighted by molar-refractivity contribution is 0.682. The number of anilines is 1. The van der Waals surface area contributed by atoms with Crippen LogP contribution in [0.1, 0.15) is 0 Å². The maximum atomic E-state index is 3.87. The average molecular weight is 147 g/mol. The quantitative estimate of drug-likeness (QED) is 0.574. The van der Waals surface area contributed by atoms with Crippen molar-refractivity contribution in [1.82, 2.24) is 11.0 Å². The van der Waals surface area contributed by atoms with Gasteiger partial charge < -0.3 is 0 Å². The molecule has 2 rings (SSSR count). The fourth-order valence-corrected chi connectivity index (χ4v) is 0.869. The number of benzene rings is 1. The van der Waals surface area contributed by atoms with Crippen LogP contribution in [0, 0.1) is 6.19 Å². The molecule has 4 nitrogen and oxygen atoms in total. The molecule has 0 amide bonds. The molecule has 1 aromatic carbocycles. The third kappa shape index (κ3) is 1.09. The molecule has 0 aromatic heterocycles. The van der Waals surface area contributed by atoms with Crippen molar-refractivity contribution in [2.75, 3.05) is 5.12 Å². The lowest BCUT2D eigenvalue weighted by atomic mass is 10.3. The molecular weight excluding hydrogens is 140 g/mol. The predicted octanol–water partition coefficient (Wildman–Crippen LogP) is 0.721. The second kappa shape index (κ2) is 2.48. The van der Waals surface area contributed by atoms with E-state index < -0.39 is 0 Å². The number of hydrazine groups is 2. The Hall–Kier alpha value is -1.73. The van der Waals surface area contributed by atoms with Gasteiger partial charge in [0.2, 0.25) is 0 Å². The summed E-state index contributed by atoms with van der Waals surface area (Å²) >= 11 is 0. The Morgan fingerprint density at radius 1 is 1.27 bits per heavy atom. The van der Waals surface area contributed by atoms with Crippen LogP contribution in [0.3, 0.4) is 0 Å². The maximum absolute atomic E-state index is 3.87. The highest BCUT2D eigenvalue weighted by Crippen LogP contribution is 2.11. The number of hydrogen-bond acceptors (Lipinski definition) is 3. The van der Waals surface area contributed by atoms with Crippen LogP contribution in [0.15, 0.2) is 30.3 Å². The third-order valence-electron chi connectivity index (χ3n) is 1.37. The van der Waals surface area contributed by atoms with Crippen LogP contribution in [0.25, 0.3) is 4.95 Å². The van der Waals surface area contributed by atoms with Gasteiger partial charge in [-0.3, -0.25) is 0 Å². The second-order valence-corrected chi connectivity index (χ2v) is 2.10. The number of nitrogens with zero attached hydrogens (tertiary/aromatic N) is 2. The second-order valence-electron chi connectivity index (χ2n) is 2.10. The summed E-state index contributed by atoms with van der Waals surface area (Å²) in [5.41, 5.74) is 6.39. The Labute approximate surface area is 64.2 Å². The lowest BCUT2D eigenvalue weighted by Crippen LogP contribution is -2.35. The Bertz CT molecular complexity index is 297. The van der Waals surface area contributed by atoms with Crippen LogP contribution < -0.4 is 16.1 Å². The highest BCUT2D eigenvalue weighted by molar-refractivity contribution is 5.46. The van der Waals surface area contributed by atoms with Gasteiger partial charge in [0, 0.05) is 0 Å². The van der Waals surface area contributed by atoms with E-state index in [0.29, 0.717) is 0 Å². The molecule has 1 aliphatic heterocycles. The first kappa shape index (κ1) is 6.01. The highest BCUT2D eigenvalue weighted by Gasteiger charge is 2.13. The molecule has 0 saturated heterocycles. The molecule has 0 atom stereocenters. The van der Waals surface area contributed by atoms with Crippen LogP contribution in [-0.4, -0.2) is 0 Å². The molecule has 0 spiro atoms. The lowest BCUT2D eigenvalue weighted by Gasteiger charge is -2.01. The molecule has 0 radical (unpaired) electrons. The fourth-order valence-electron chi connectivity index (χ4n) is 0.869. The van der Waals surface area contributed by atoms with Crippen LogP contribution in [0.5, 0.6) is 0 Å². The van der Waals surface area contributed by atoms with E-state index in [1.807, 2.05) is 30.3 Å². The molecule has 11 heavy (non-hydrogen) atoms. The SMILES string of the molecule is C1#[N+]N(c2ccccc2)NN1. The summed E-state index contributed by atoms with van der Waals surface area (Å²) in [5, 5.41) is 1.60. The minimum Gasteiger partial charge on any atom is -0.119 e. The summed E-state index contributed by atoms with van der Waals surface area (Å²) in [5.74, 6) is 0. The Morgan fingerprint density at radius 3 is 2.73 bits per heavy atom. The summed E-state index contributed by atoms with van der Waals surface area (Å²) in [6.07, 6.45) is 2.56. The Balaban J connectivity index is 2.25. The van der Waals surface area contributed by atoms with E-state index in [4.69, 9.17) is 0 Å². The van der Waals surface area contributed by atoms with Crippen molar-refractivity contribution in [3.05, 3.63) is 35.3 Å². The topological polar surface area (TPSA) is 31.7 Å². The smallest absolute Gasteiger partial charge is 0.119 e. The molecule has 1 aromatic rings. The monoisotopic (exact) mass is 147 g/mol. The Kier molecular flexibility index (Phi) is 1.36. The summed E-state index contributed by atoms with van der Waals surface area (Å²) in [6.45, 7) is 0. The van der Waals surface area contributed by atoms with Gasteiger partial charge in [0.25, 0.3) is 0 Å². The molecule has 1 aliphatic rings. The van der Waals surface area contributed by atoms with Gasteiger partial charge >= 0.3 is 6.19 Å². The van der Waals surface area contributed by atoms with Gasteiger partial charge in [-0.25, -0.2) is 0 Å². The van der Waals surface area contributed by atoms with Gasteiger partial charge in [-0.15, -0.1) is 5.43 Å². The van der Waals surface area contributed by atoms with E-state index in [-0.39, 0.29) is 0 Å². The van der Waals surface area contributed by atoms with Crippen molar-refractivity contribution < 1.29 is 0 Å². The molecule has 4 heteroatoms. The maximum Gasteiger partial charge on any atom is 0.429 e. The first-order valence-corrected chi connectivity index (χ1v) is 3.28. The van der Waals surface area contributed by atoms with Gasteiger partial charge in [0.15, 0.2) is 0 Å². The molecule has 1 heterocycles. The third-order valence-corrected chi connectivity index (χ3v) is 1.37. The number of rotatable bonds is 1. The summed E-state index contributed by atoms with van der Waals surface area (Å²) in [6, 6.07) is 9.76. The molecule has 0 saturated carbocycles. The number of hydrogen-bond donors (Lipinski definition) is 2. The van der Waals surface area contributed by atoms with Crippen LogP contribution in [-0.2, 0) is 0 Å². The standard InChI is InChI=1S/C7H6N4/c1-2-4-7(5-3-1)11-9-6-8-10-11/h1-5,10H/p+1. The zero-order valence-corrected chi connectivity index (χ0v) is 5.78. The van der Waals surface area contributed by atoms with E-state index >= 15 is 0 Å². The summed E-state index contributed by atoms with van der Waals surface area (Å²) < 4.78 is 0. The van der Waals surface area contributed by atoms with E-state index in [1.165, 1.54) is 0 Å². The van der Waals surface area contributed by atoms with E-state index in [2.05, 4.69) is 22.1 Å². The number of nitrogens with one attached hydrogen (secondary N) is 2. The van der Waals surface area contributed by atoms with Crippen molar-refractivity contribution in [3.8, 4) is 6.19 Å². The van der Waals surface area contributed by atoms with Crippen molar-refractivity contribution in [2.24, 2.45) is 0 Å². The van der Waals surface area contributed by atoms with Crippen LogP contribution in [0.4, 0.5) is 5.69 Å². The average Bonchev–Trinajstić information content (AvgIpc) is 2.58. The summed E-state index contributed by atoms with van der Waals surface area (Å²) in [4.78, 5) is 3.87. The fraction of sp³-hybridized carbons (Fsp3) is 0. The van der Waals surface area contributed by atoms with Crippen LogP contribution in [0.2, 0.25) is 0 Å². The van der Waals surface area contributed by atoms with E-state index in [0.717, 1.165) is 5.69 Å². The normalized spacial score (nSPS) is 13.6. The van der Waals surface area contributed by atoms with Crippen LogP contribution >= 0.6 is 0 Å². The van der Waals surface area contributed by atoms with Gasteiger partial charge in [0.05, 0.1) is 0 Å². The van der Waals surface area contributed by atoms with Crippen molar-refractivity contribution in [3.63, 3.8) is 0 Å². The predicted molar refractivity (Wildman–Crippen MR) is 42.4 cm³/mol. The molecule has 0 bridgehead atoms. The zero-order chi connectivity index (χ0) is 7.52. The minimum absolute atomic E-state index is 0.977. The molecule has 2 N–H and O–H groups in total. The van der Waals surface area contributed by atoms with Gasteiger partial charge in [-0.1, -0.05) is 18.2 Å². The molecular formula is C7H7N4+. The molecule has 0 fully saturated rings. The van der Waals surface area contributed by atoms with Gasteiger partial charge in [-0.2, -0.15) is 0 Å². The molecule has 0 aliphatic carbocycles. The summed E-state index contributed by atoms with van der Waals surface area (Å²) in [7, 11) is 0. The van der Waals surface area contributed by atoms with Crippen molar-refractivity contribution >= 4 is 5.69 Å². The first-order valence-electron chi connectivity index (χ1n) is 3.28. The number of para-hydroxylation sites is 1. The van der Waals surface area contributed by atoms with Gasteiger partial charge in [0.1, 0.15) is 5.69 Å². The zero-order valence-electron chi connectivity index (χ0n) is 5.78. The molecule has 0 unspecified atom stereocenters. The largest absolute Gasteiger partial charge is 0.429 e.